The van der Waals surface area contributed by atoms with Crippen LogP contribution >= 0.6 is 11.3 Å². The monoisotopic (exact) mass is 317 g/mol. The minimum absolute atomic E-state index is 0.0404. The summed E-state index contributed by atoms with van der Waals surface area (Å²) in [5.74, 6) is -0.0404. The van der Waals surface area contributed by atoms with Gasteiger partial charge in [-0.2, -0.15) is 0 Å². The smallest absolute Gasteiger partial charge is 0.277 e. The average Bonchev–Trinajstić information content (AvgIpc) is 2.90. The summed E-state index contributed by atoms with van der Waals surface area (Å²) in [5.41, 5.74) is 2.65. The zero-order valence-corrected chi connectivity index (χ0v) is 13.6. The van der Waals surface area contributed by atoms with Crippen molar-refractivity contribution in [2.45, 2.75) is 13.2 Å². The molecule has 1 aliphatic heterocycles. The van der Waals surface area contributed by atoms with Gasteiger partial charge in [-0.15, -0.1) is 11.3 Å². The van der Waals surface area contributed by atoms with Gasteiger partial charge in [-0.05, 0) is 18.7 Å². The fraction of sp³-hybridized carbons (Fsp3) is 0.375. The predicted octanol–water partition coefficient (Wildman–Crippen LogP) is 2.38. The SMILES string of the molecule is COCc1nc(C(=O)N2CCN(C)Cc3ccccc32)cs1. The standard InChI is InChI=1S/C16H19N3O2S/c1-18-7-8-19(14-6-4-3-5-12(14)9-18)16(20)13-11-22-15(17-13)10-21-2/h3-6,11H,7-10H2,1-2H3. The summed E-state index contributed by atoms with van der Waals surface area (Å²) in [4.78, 5) is 21.3. The number of anilines is 1. The van der Waals surface area contributed by atoms with Crippen molar-refractivity contribution in [2.24, 2.45) is 0 Å². The zero-order chi connectivity index (χ0) is 15.5. The molecule has 3 rings (SSSR count). The molecular formula is C16H19N3O2S. The van der Waals surface area contributed by atoms with Gasteiger partial charge in [-0.25, -0.2) is 4.98 Å². The number of carbonyl (C=O) groups is 1. The highest BCUT2D eigenvalue weighted by atomic mass is 32.1. The third-order valence-electron chi connectivity index (χ3n) is 3.71. The van der Waals surface area contributed by atoms with E-state index in [9.17, 15) is 4.79 Å². The summed E-state index contributed by atoms with van der Waals surface area (Å²) in [6, 6.07) is 8.08. The van der Waals surface area contributed by atoms with Gasteiger partial charge in [0.15, 0.2) is 0 Å². The molecule has 116 valence electrons. The maximum absolute atomic E-state index is 12.9. The number of ether oxygens (including phenoxy) is 1. The molecule has 0 fully saturated rings. The predicted molar refractivity (Wildman–Crippen MR) is 87.3 cm³/mol. The molecule has 6 heteroatoms. The molecule has 1 amide bonds. The van der Waals surface area contributed by atoms with Crippen LogP contribution in [-0.4, -0.2) is 43.0 Å². The number of hydrogen-bond donors (Lipinski definition) is 0. The van der Waals surface area contributed by atoms with Crippen LogP contribution < -0.4 is 4.90 Å². The van der Waals surface area contributed by atoms with Crippen LogP contribution in [0.1, 0.15) is 21.1 Å². The molecule has 0 radical (unpaired) electrons. The Labute approximate surface area is 134 Å². The number of likely N-dealkylation sites (N-methyl/N-ethyl adjacent to an activating group) is 1. The van der Waals surface area contributed by atoms with E-state index in [2.05, 4.69) is 23.0 Å². The second-order valence-electron chi connectivity index (χ2n) is 5.38. The van der Waals surface area contributed by atoms with Crippen LogP contribution in [0, 0.1) is 0 Å². The minimum Gasteiger partial charge on any atom is -0.378 e. The Balaban J connectivity index is 1.91. The van der Waals surface area contributed by atoms with Crippen molar-refractivity contribution >= 4 is 22.9 Å². The highest BCUT2D eigenvalue weighted by Gasteiger charge is 2.25. The van der Waals surface area contributed by atoms with Crippen molar-refractivity contribution in [1.82, 2.24) is 9.88 Å². The van der Waals surface area contributed by atoms with Crippen LogP contribution in [0.15, 0.2) is 29.6 Å². The highest BCUT2D eigenvalue weighted by Crippen LogP contribution is 2.26. The summed E-state index contributed by atoms with van der Waals surface area (Å²) in [6.07, 6.45) is 0. The number of nitrogens with zero attached hydrogens (tertiary/aromatic N) is 3. The molecule has 0 bridgehead atoms. The molecule has 1 aromatic carbocycles. The second-order valence-corrected chi connectivity index (χ2v) is 6.33. The lowest BCUT2D eigenvalue weighted by molar-refractivity contribution is 0.0981. The van der Waals surface area contributed by atoms with Gasteiger partial charge in [-0.3, -0.25) is 4.79 Å². The van der Waals surface area contributed by atoms with Crippen LogP contribution in [0.4, 0.5) is 5.69 Å². The van der Waals surface area contributed by atoms with E-state index in [1.165, 1.54) is 16.9 Å². The van der Waals surface area contributed by atoms with Crippen LogP contribution in [-0.2, 0) is 17.9 Å². The lowest BCUT2D eigenvalue weighted by Crippen LogP contribution is -2.35. The first kappa shape index (κ1) is 15.1. The number of amides is 1. The van der Waals surface area contributed by atoms with E-state index < -0.39 is 0 Å². The van der Waals surface area contributed by atoms with Gasteiger partial charge in [0.2, 0.25) is 0 Å². The molecule has 22 heavy (non-hydrogen) atoms. The summed E-state index contributed by atoms with van der Waals surface area (Å²) in [6.45, 7) is 2.81. The molecule has 1 aliphatic rings. The maximum atomic E-state index is 12.9. The molecule has 0 unspecified atom stereocenters. The molecule has 0 saturated carbocycles. The Morgan fingerprint density at radius 3 is 3.00 bits per heavy atom. The Morgan fingerprint density at radius 1 is 1.36 bits per heavy atom. The van der Waals surface area contributed by atoms with E-state index in [1.54, 1.807) is 7.11 Å². The van der Waals surface area contributed by atoms with Gasteiger partial charge in [0, 0.05) is 37.8 Å². The van der Waals surface area contributed by atoms with Crippen molar-refractivity contribution in [3.8, 4) is 0 Å². The number of para-hydroxylation sites is 1. The first-order valence-electron chi connectivity index (χ1n) is 7.20. The molecule has 5 nitrogen and oxygen atoms in total. The third kappa shape index (κ3) is 3.04. The van der Waals surface area contributed by atoms with Crippen molar-refractivity contribution in [2.75, 3.05) is 32.1 Å². The first-order chi connectivity index (χ1) is 10.7. The zero-order valence-electron chi connectivity index (χ0n) is 12.8. The van der Waals surface area contributed by atoms with Gasteiger partial charge < -0.3 is 14.5 Å². The fourth-order valence-electron chi connectivity index (χ4n) is 2.62. The molecule has 0 saturated heterocycles. The van der Waals surface area contributed by atoms with Crippen molar-refractivity contribution in [3.63, 3.8) is 0 Å². The van der Waals surface area contributed by atoms with Crippen LogP contribution in [0.3, 0.4) is 0 Å². The second kappa shape index (κ2) is 6.56. The van der Waals surface area contributed by atoms with Crippen molar-refractivity contribution in [1.29, 1.82) is 0 Å². The van der Waals surface area contributed by atoms with Gasteiger partial charge >= 0.3 is 0 Å². The lowest BCUT2D eigenvalue weighted by Gasteiger charge is -2.21. The Kier molecular flexibility index (Phi) is 4.52. The third-order valence-corrected chi connectivity index (χ3v) is 4.53. The molecule has 1 aromatic heterocycles. The number of methoxy groups -OCH3 is 1. The van der Waals surface area contributed by atoms with Crippen molar-refractivity contribution in [3.05, 3.63) is 45.9 Å². The van der Waals surface area contributed by atoms with Crippen LogP contribution in [0.25, 0.3) is 0 Å². The van der Waals surface area contributed by atoms with Gasteiger partial charge in [-0.1, -0.05) is 18.2 Å². The van der Waals surface area contributed by atoms with E-state index in [0.717, 1.165) is 23.8 Å². The summed E-state index contributed by atoms with van der Waals surface area (Å²) in [7, 11) is 3.70. The number of carbonyl (C=O) groups excluding carboxylic acids is 1. The number of fused-ring (bicyclic) bond motifs is 1. The largest absolute Gasteiger partial charge is 0.378 e. The first-order valence-corrected chi connectivity index (χ1v) is 8.08. The molecule has 2 heterocycles. The van der Waals surface area contributed by atoms with Gasteiger partial charge in [0.1, 0.15) is 10.7 Å². The molecular weight excluding hydrogens is 298 g/mol. The quantitative estimate of drug-likeness (QED) is 0.872. The maximum Gasteiger partial charge on any atom is 0.277 e. The molecule has 0 aliphatic carbocycles. The normalized spacial score (nSPS) is 15.5. The van der Waals surface area contributed by atoms with E-state index >= 15 is 0 Å². The van der Waals surface area contributed by atoms with E-state index in [0.29, 0.717) is 18.8 Å². The van der Waals surface area contributed by atoms with Crippen molar-refractivity contribution < 1.29 is 9.53 Å². The van der Waals surface area contributed by atoms with Crippen LogP contribution in [0.2, 0.25) is 0 Å². The summed E-state index contributed by atoms with van der Waals surface area (Å²) in [5, 5.41) is 2.64. The molecule has 0 spiro atoms. The van der Waals surface area contributed by atoms with E-state index in [4.69, 9.17) is 4.74 Å². The summed E-state index contributed by atoms with van der Waals surface area (Å²) >= 11 is 1.46. The van der Waals surface area contributed by atoms with Crippen LogP contribution in [0.5, 0.6) is 0 Å². The number of rotatable bonds is 3. The number of aromatic nitrogens is 1. The number of thiazole rings is 1. The summed E-state index contributed by atoms with van der Waals surface area (Å²) < 4.78 is 5.07. The minimum atomic E-state index is -0.0404. The Morgan fingerprint density at radius 2 is 2.18 bits per heavy atom. The van der Waals surface area contributed by atoms with E-state index in [-0.39, 0.29) is 5.91 Å². The Bertz CT molecular complexity index is 671. The fourth-order valence-corrected chi connectivity index (χ4v) is 3.36. The van der Waals surface area contributed by atoms with Gasteiger partial charge in [0.25, 0.3) is 5.91 Å². The van der Waals surface area contributed by atoms with Gasteiger partial charge in [0.05, 0.1) is 6.61 Å². The topological polar surface area (TPSA) is 45.7 Å². The average molecular weight is 317 g/mol. The molecule has 2 aromatic rings. The molecule has 0 atom stereocenters. The van der Waals surface area contributed by atoms with E-state index in [1.807, 2.05) is 28.5 Å². The number of hydrogen-bond acceptors (Lipinski definition) is 5. The highest BCUT2D eigenvalue weighted by molar-refractivity contribution is 7.09. The Hall–Kier alpha value is -1.76. The number of benzene rings is 1. The molecule has 0 N–H and O–H groups in total. The lowest BCUT2D eigenvalue weighted by atomic mass is 10.1.